The van der Waals surface area contributed by atoms with Crippen molar-refractivity contribution >= 4 is 11.6 Å². The average molecular weight is 341 g/mol. The van der Waals surface area contributed by atoms with Crippen molar-refractivity contribution in [2.45, 2.75) is 32.8 Å². The predicted molar refractivity (Wildman–Crippen MR) is 96.6 cm³/mol. The molecule has 2 aromatic carbocycles. The summed E-state index contributed by atoms with van der Waals surface area (Å²) in [5.74, 6) is 2.12. The molecule has 0 bridgehead atoms. The minimum Gasteiger partial charge on any atom is -0.493 e. The molecule has 5 heteroatoms. The van der Waals surface area contributed by atoms with Crippen LogP contribution in [0.15, 0.2) is 42.5 Å². The smallest absolute Gasteiger partial charge is 0.227 e. The third-order valence-corrected chi connectivity index (χ3v) is 3.91. The van der Waals surface area contributed by atoms with Gasteiger partial charge in [-0.15, -0.1) is 0 Å². The lowest BCUT2D eigenvalue weighted by Crippen LogP contribution is -2.16. The average Bonchev–Trinajstić information content (AvgIpc) is 2.95. The summed E-state index contributed by atoms with van der Waals surface area (Å²) in [4.78, 5) is 12.2. The maximum absolute atomic E-state index is 12.2. The monoisotopic (exact) mass is 341 g/mol. The standard InChI is InChI=1S/C20H23NO4/c1-3-23-19-12-15-11-14(2)25-18(15)13-17(19)21-20(22)9-10-24-16-7-5-4-6-8-16/h4-8,12-14H,3,9-11H2,1-2H3,(H,21,22). The molecule has 132 valence electrons. The van der Waals surface area contributed by atoms with Gasteiger partial charge >= 0.3 is 0 Å². The van der Waals surface area contributed by atoms with Crippen molar-refractivity contribution in [2.75, 3.05) is 18.5 Å². The molecule has 0 fully saturated rings. The number of amides is 1. The number of ether oxygens (including phenoxy) is 3. The second-order valence-electron chi connectivity index (χ2n) is 5.98. The Balaban J connectivity index is 1.61. The largest absolute Gasteiger partial charge is 0.493 e. The van der Waals surface area contributed by atoms with E-state index < -0.39 is 0 Å². The molecular formula is C20H23NO4. The summed E-state index contributed by atoms with van der Waals surface area (Å²) < 4.78 is 17.0. The summed E-state index contributed by atoms with van der Waals surface area (Å²) in [5, 5.41) is 2.90. The molecule has 0 aliphatic carbocycles. The zero-order valence-electron chi connectivity index (χ0n) is 14.6. The van der Waals surface area contributed by atoms with Gasteiger partial charge in [-0.3, -0.25) is 4.79 Å². The summed E-state index contributed by atoms with van der Waals surface area (Å²) in [6, 6.07) is 13.3. The van der Waals surface area contributed by atoms with Crippen LogP contribution in [0.2, 0.25) is 0 Å². The van der Waals surface area contributed by atoms with Gasteiger partial charge in [0, 0.05) is 18.1 Å². The van der Waals surface area contributed by atoms with Crippen LogP contribution >= 0.6 is 0 Å². The van der Waals surface area contributed by atoms with E-state index in [4.69, 9.17) is 14.2 Å². The van der Waals surface area contributed by atoms with Gasteiger partial charge in [-0.1, -0.05) is 18.2 Å². The number of fused-ring (bicyclic) bond motifs is 1. The summed E-state index contributed by atoms with van der Waals surface area (Å²) >= 11 is 0. The van der Waals surface area contributed by atoms with E-state index in [1.807, 2.05) is 56.3 Å². The van der Waals surface area contributed by atoms with Crippen LogP contribution in [0.1, 0.15) is 25.8 Å². The first kappa shape index (κ1) is 17.1. The van der Waals surface area contributed by atoms with Crippen molar-refractivity contribution < 1.29 is 19.0 Å². The Kier molecular flexibility index (Phi) is 5.43. The van der Waals surface area contributed by atoms with Gasteiger partial charge in [0.05, 0.1) is 25.3 Å². The Hall–Kier alpha value is -2.69. The SMILES string of the molecule is CCOc1cc2c(cc1NC(=O)CCOc1ccccc1)OC(C)C2. The molecule has 1 atom stereocenters. The second-order valence-corrected chi connectivity index (χ2v) is 5.98. The van der Waals surface area contributed by atoms with E-state index in [1.54, 1.807) is 0 Å². The molecule has 1 N–H and O–H groups in total. The summed E-state index contributed by atoms with van der Waals surface area (Å²) in [6.07, 6.45) is 1.26. The van der Waals surface area contributed by atoms with Gasteiger partial charge in [0.25, 0.3) is 0 Å². The first-order valence-corrected chi connectivity index (χ1v) is 8.59. The van der Waals surface area contributed by atoms with Gasteiger partial charge in [0.2, 0.25) is 5.91 Å². The number of hydrogen-bond acceptors (Lipinski definition) is 4. The lowest BCUT2D eigenvalue weighted by molar-refractivity contribution is -0.116. The van der Waals surface area contributed by atoms with Crippen LogP contribution in [0.4, 0.5) is 5.69 Å². The van der Waals surface area contributed by atoms with Crippen LogP contribution in [-0.4, -0.2) is 25.2 Å². The zero-order valence-corrected chi connectivity index (χ0v) is 14.6. The third kappa shape index (κ3) is 4.44. The quantitative estimate of drug-likeness (QED) is 0.832. The molecule has 1 aliphatic rings. The summed E-state index contributed by atoms with van der Waals surface area (Å²) in [5.41, 5.74) is 1.75. The highest BCUT2D eigenvalue weighted by Gasteiger charge is 2.22. The Morgan fingerprint density at radius 2 is 2.04 bits per heavy atom. The van der Waals surface area contributed by atoms with Gasteiger partial charge in [0.1, 0.15) is 23.4 Å². The Bertz CT molecular complexity index is 730. The zero-order chi connectivity index (χ0) is 17.6. The molecule has 0 radical (unpaired) electrons. The summed E-state index contributed by atoms with van der Waals surface area (Å²) in [6.45, 7) is 4.80. The molecule has 1 aliphatic heterocycles. The normalized spacial score (nSPS) is 15.2. The van der Waals surface area contributed by atoms with Crippen LogP contribution in [0.5, 0.6) is 17.2 Å². The maximum atomic E-state index is 12.2. The van der Waals surface area contributed by atoms with E-state index in [1.165, 1.54) is 0 Å². The van der Waals surface area contributed by atoms with E-state index in [9.17, 15) is 4.79 Å². The molecule has 3 rings (SSSR count). The molecule has 2 aromatic rings. The van der Waals surface area contributed by atoms with E-state index in [-0.39, 0.29) is 18.4 Å². The highest BCUT2D eigenvalue weighted by atomic mass is 16.5. The van der Waals surface area contributed by atoms with Gasteiger partial charge in [-0.05, 0) is 32.0 Å². The van der Waals surface area contributed by atoms with E-state index in [2.05, 4.69) is 5.32 Å². The lowest BCUT2D eigenvalue weighted by atomic mass is 10.1. The highest BCUT2D eigenvalue weighted by Crippen LogP contribution is 2.38. The molecular weight excluding hydrogens is 318 g/mol. The number of para-hydroxylation sites is 1. The number of carbonyl (C=O) groups excluding carboxylic acids is 1. The second kappa shape index (κ2) is 7.92. The van der Waals surface area contributed by atoms with Gasteiger partial charge < -0.3 is 19.5 Å². The Morgan fingerprint density at radius 3 is 2.80 bits per heavy atom. The lowest BCUT2D eigenvalue weighted by Gasteiger charge is -2.14. The van der Waals surface area contributed by atoms with Crippen LogP contribution < -0.4 is 19.5 Å². The van der Waals surface area contributed by atoms with Crippen LogP contribution in [-0.2, 0) is 11.2 Å². The molecule has 1 amide bonds. The van der Waals surface area contributed by atoms with E-state index in [0.29, 0.717) is 24.7 Å². The Labute approximate surface area is 147 Å². The molecule has 0 spiro atoms. The van der Waals surface area contributed by atoms with Gasteiger partial charge in [-0.2, -0.15) is 0 Å². The number of nitrogens with one attached hydrogen (secondary N) is 1. The molecule has 25 heavy (non-hydrogen) atoms. The van der Waals surface area contributed by atoms with Gasteiger partial charge in [-0.25, -0.2) is 0 Å². The molecule has 5 nitrogen and oxygen atoms in total. The molecule has 0 saturated heterocycles. The number of anilines is 1. The Morgan fingerprint density at radius 1 is 1.24 bits per heavy atom. The minimum atomic E-state index is -0.122. The maximum Gasteiger partial charge on any atom is 0.227 e. The van der Waals surface area contributed by atoms with Crippen molar-refractivity contribution in [3.8, 4) is 17.2 Å². The van der Waals surface area contributed by atoms with Crippen molar-refractivity contribution in [3.63, 3.8) is 0 Å². The summed E-state index contributed by atoms with van der Waals surface area (Å²) in [7, 11) is 0. The molecule has 0 saturated carbocycles. The van der Waals surface area contributed by atoms with Crippen molar-refractivity contribution in [2.24, 2.45) is 0 Å². The van der Waals surface area contributed by atoms with E-state index in [0.717, 1.165) is 23.5 Å². The number of hydrogen-bond donors (Lipinski definition) is 1. The highest BCUT2D eigenvalue weighted by molar-refractivity contribution is 5.92. The van der Waals surface area contributed by atoms with Crippen molar-refractivity contribution in [1.82, 2.24) is 0 Å². The first-order valence-electron chi connectivity index (χ1n) is 8.59. The minimum absolute atomic E-state index is 0.122. The molecule has 1 unspecified atom stereocenters. The topological polar surface area (TPSA) is 56.8 Å². The van der Waals surface area contributed by atoms with Crippen molar-refractivity contribution in [1.29, 1.82) is 0 Å². The fraction of sp³-hybridized carbons (Fsp3) is 0.350. The number of carbonyl (C=O) groups is 1. The fourth-order valence-electron chi connectivity index (χ4n) is 2.80. The third-order valence-electron chi connectivity index (χ3n) is 3.91. The van der Waals surface area contributed by atoms with Crippen LogP contribution in [0.25, 0.3) is 0 Å². The molecule has 1 heterocycles. The molecule has 0 aromatic heterocycles. The number of benzene rings is 2. The fourth-order valence-corrected chi connectivity index (χ4v) is 2.80. The predicted octanol–water partition coefficient (Wildman–Crippen LogP) is 3.82. The van der Waals surface area contributed by atoms with Crippen LogP contribution in [0.3, 0.4) is 0 Å². The number of rotatable bonds is 7. The van der Waals surface area contributed by atoms with Crippen molar-refractivity contribution in [3.05, 3.63) is 48.0 Å². The van der Waals surface area contributed by atoms with Gasteiger partial charge in [0.15, 0.2) is 0 Å². The first-order chi connectivity index (χ1) is 12.2. The van der Waals surface area contributed by atoms with E-state index >= 15 is 0 Å². The van der Waals surface area contributed by atoms with Crippen LogP contribution in [0, 0.1) is 0 Å².